The van der Waals surface area contributed by atoms with Crippen molar-refractivity contribution in [3.05, 3.63) is 47.0 Å². The van der Waals surface area contributed by atoms with Crippen LogP contribution in [0.1, 0.15) is 69.4 Å². The number of rotatable bonds is 10. The van der Waals surface area contributed by atoms with Gasteiger partial charge in [-0.25, -0.2) is 4.98 Å². The molecule has 3 atom stereocenters. The molecule has 8 heteroatoms. The van der Waals surface area contributed by atoms with Crippen LogP contribution in [0.2, 0.25) is 0 Å². The number of carbonyl (C=O) groups excluding carboxylic acids is 2. The van der Waals surface area contributed by atoms with Gasteiger partial charge >= 0.3 is 0 Å². The highest BCUT2D eigenvalue weighted by atomic mass is 32.1. The minimum atomic E-state index is -1.34. The fraction of sp³-hybridized carbons (Fsp3) is 0.500. The molecule has 30 heavy (non-hydrogen) atoms. The molecule has 0 saturated carbocycles. The second-order valence-electron chi connectivity index (χ2n) is 8.21. The molecule has 2 aromatic rings. The van der Waals surface area contributed by atoms with Crippen molar-refractivity contribution < 1.29 is 19.8 Å². The van der Waals surface area contributed by atoms with E-state index in [4.69, 9.17) is 0 Å². The van der Waals surface area contributed by atoms with Gasteiger partial charge in [0, 0.05) is 11.1 Å². The highest BCUT2D eigenvalue weighted by Crippen LogP contribution is 2.30. The fourth-order valence-corrected chi connectivity index (χ4v) is 3.82. The number of anilines is 1. The molecule has 0 bridgehead atoms. The molecule has 0 aliphatic rings. The number of nitrogens with zero attached hydrogens (tertiary/aromatic N) is 1. The minimum Gasteiger partial charge on any atom is -0.390 e. The van der Waals surface area contributed by atoms with Crippen LogP contribution >= 0.6 is 11.3 Å². The Morgan fingerprint density at radius 3 is 2.47 bits per heavy atom. The molecule has 4 N–H and O–H groups in total. The third-order valence-corrected chi connectivity index (χ3v) is 5.93. The van der Waals surface area contributed by atoms with Crippen LogP contribution in [0.15, 0.2) is 36.5 Å². The number of thiazole rings is 1. The van der Waals surface area contributed by atoms with Crippen molar-refractivity contribution in [1.29, 1.82) is 0 Å². The van der Waals surface area contributed by atoms with E-state index >= 15 is 0 Å². The number of aliphatic hydroxyl groups excluding tert-OH is 1. The second kappa shape index (κ2) is 10.7. The summed E-state index contributed by atoms with van der Waals surface area (Å²) < 4.78 is 0. The van der Waals surface area contributed by atoms with E-state index in [-0.39, 0.29) is 5.92 Å². The van der Waals surface area contributed by atoms with E-state index in [2.05, 4.69) is 22.5 Å². The zero-order chi connectivity index (χ0) is 22.3. The number of carbonyl (C=O) groups is 2. The van der Waals surface area contributed by atoms with Gasteiger partial charge in [0.1, 0.15) is 6.04 Å². The third kappa shape index (κ3) is 7.51. The van der Waals surface area contributed by atoms with E-state index in [0.717, 1.165) is 24.1 Å². The first-order chi connectivity index (χ1) is 14.1. The van der Waals surface area contributed by atoms with Gasteiger partial charge in [0.05, 0.1) is 5.60 Å². The van der Waals surface area contributed by atoms with E-state index < -0.39 is 29.6 Å². The summed E-state index contributed by atoms with van der Waals surface area (Å²) in [5.74, 6) is -0.767. The Balaban J connectivity index is 1.84. The summed E-state index contributed by atoms with van der Waals surface area (Å²) in [6.07, 6.45) is 2.96. The van der Waals surface area contributed by atoms with Crippen LogP contribution in [-0.4, -0.2) is 38.7 Å². The van der Waals surface area contributed by atoms with Crippen molar-refractivity contribution in [3.8, 4) is 0 Å². The van der Waals surface area contributed by atoms with E-state index in [1.54, 1.807) is 57.3 Å². The summed E-state index contributed by atoms with van der Waals surface area (Å²) >= 11 is 1.40. The van der Waals surface area contributed by atoms with Crippen molar-refractivity contribution >= 4 is 28.3 Å². The quantitative estimate of drug-likeness (QED) is 0.459. The highest BCUT2D eigenvalue weighted by molar-refractivity contribution is 7.15. The average molecular weight is 434 g/mol. The molecule has 3 unspecified atom stereocenters. The molecule has 0 radical (unpaired) electrons. The van der Waals surface area contributed by atoms with Gasteiger partial charge in [-0.2, -0.15) is 0 Å². The average Bonchev–Trinajstić information content (AvgIpc) is 3.15. The van der Waals surface area contributed by atoms with Crippen LogP contribution in [-0.2, 0) is 9.59 Å². The molecular weight excluding hydrogens is 402 g/mol. The zero-order valence-corrected chi connectivity index (χ0v) is 18.7. The predicted octanol–water partition coefficient (Wildman–Crippen LogP) is 3.36. The van der Waals surface area contributed by atoms with E-state index in [9.17, 15) is 19.8 Å². The molecular formula is C22H31N3O4S. The predicted molar refractivity (Wildman–Crippen MR) is 118 cm³/mol. The summed E-state index contributed by atoms with van der Waals surface area (Å²) in [5, 5.41) is 25.6. The lowest BCUT2D eigenvalue weighted by molar-refractivity contribution is -0.132. The molecule has 7 nitrogen and oxygen atoms in total. The van der Waals surface area contributed by atoms with Crippen LogP contribution in [0.25, 0.3) is 0 Å². The van der Waals surface area contributed by atoms with Crippen molar-refractivity contribution in [3.63, 3.8) is 0 Å². The molecule has 2 rings (SSSR count). The molecule has 0 spiro atoms. The molecule has 2 amide bonds. The van der Waals surface area contributed by atoms with Gasteiger partial charge < -0.3 is 20.8 Å². The fourth-order valence-electron chi connectivity index (χ4n) is 2.91. The molecule has 0 saturated heterocycles. The first-order valence-electron chi connectivity index (χ1n) is 10.1. The number of hydrogen-bond acceptors (Lipinski definition) is 6. The summed E-state index contributed by atoms with van der Waals surface area (Å²) in [5.41, 5.74) is -0.202. The molecule has 0 aliphatic carbocycles. The van der Waals surface area contributed by atoms with Gasteiger partial charge in [0.2, 0.25) is 5.91 Å². The third-order valence-electron chi connectivity index (χ3n) is 4.78. The Labute approximate surface area is 181 Å². The number of amides is 2. The highest BCUT2D eigenvalue weighted by Gasteiger charge is 2.23. The Bertz CT molecular complexity index is 832. The van der Waals surface area contributed by atoms with Gasteiger partial charge in [-0.05, 0) is 51.5 Å². The SMILES string of the molecule is CC(NC(=O)C(O)c1ccccc1)C(=O)Nc1ncc(C(C)CCCC(C)(C)O)s1. The van der Waals surface area contributed by atoms with E-state index in [1.807, 2.05) is 0 Å². The lowest BCUT2D eigenvalue weighted by Gasteiger charge is -2.17. The monoisotopic (exact) mass is 433 g/mol. The van der Waals surface area contributed by atoms with Gasteiger partial charge in [0.25, 0.3) is 5.91 Å². The smallest absolute Gasteiger partial charge is 0.254 e. The van der Waals surface area contributed by atoms with E-state index in [1.165, 1.54) is 11.3 Å². The van der Waals surface area contributed by atoms with Crippen LogP contribution in [0, 0.1) is 0 Å². The Morgan fingerprint density at radius 2 is 1.83 bits per heavy atom. The maximum atomic E-state index is 12.4. The van der Waals surface area contributed by atoms with Gasteiger partial charge in [-0.3, -0.25) is 9.59 Å². The molecule has 1 aromatic carbocycles. The van der Waals surface area contributed by atoms with Crippen molar-refractivity contribution in [2.45, 2.75) is 70.6 Å². The normalized spacial score (nSPS) is 14.6. The van der Waals surface area contributed by atoms with Gasteiger partial charge in [0.15, 0.2) is 11.2 Å². The number of aromatic nitrogens is 1. The Morgan fingerprint density at radius 1 is 1.17 bits per heavy atom. The van der Waals surface area contributed by atoms with Crippen LogP contribution in [0.3, 0.4) is 0 Å². The number of nitrogens with one attached hydrogen (secondary N) is 2. The van der Waals surface area contributed by atoms with Gasteiger partial charge in [-0.1, -0.05) is 37.3 Å². The van der Waals surface area contributed by atoms with E-state index in [0.29, 0.717) is 10.7 Å². The maximum Gasteiger partial charge on any atom is 0.254 e. The standard InChI is InChI=1S/C22H31N3O4S/c1-14(9-8-12-22(3,4)29)17-13-23-21(30-17)25-19(27)15(2)24-20(28)18(26)16-10-6-5-7-11-16/h5-7,10-11,13-15,18,26,29H,8-9,12H2,1-4H3,(H,24,28)(H,23,25,27). The summed E-state index contributed by atoms with van der Waals surface area (Å²) in [6.45, 7) is 7.25. The first-order valence-corrected chi connectivity index (χ1v) is 10.9. The van der Waals surface area contributed by atoms with Crippen LogP contribution in [0.4, 0.5) is 5.13 Å². The lowest BCUT2D eigenvalue weighted by atomic mass is 9.96. The second-order valence-corrected chi connectivity index (χ2v) is 9.27. The lowest BCUT2D eigenvalue weighted by Crippen LogP contribution is -2.43. The summed E-state index contributed by atoms with van der Waals surface area (Å²) in [6, 6.07) is 7.72. The van der Waals surface area contributed by atoms with Crippen LogP contribution in [0.5, 0.6) is 0 Å². The van der Waals surface area contributed by atoms with Crippen molar-refractivity contribution in [1.82, 2.24) is 10.3 Å². The van der Waals surface area contributed by atoms with Crippen molar-refractivity contribution in [2.75, 3.05) is 5.32 Å². The van der Waals surface area contributed by atoms with Crippen LogP contribution < -0.4 is 10.6 Å². The Kier molecular flexibility index (Phi) is 8.52. The number of benzene rings is 1. The number of aliphatic hydroxyl groups is 2. The minimum absolute atomic E-state index is 0.272. The summed E-state index contributed by atoms with van der Waals surface area (Å²) in [4.78, 5) is 29.9. The topological polar surface area (TPSA) is 112 Å². The molecule has 0 fully saturated rings. The molecule has 1 heterocycles. The zero-order valence-electron chi connectivity index (χ0n) is 17.9. The summed E-state index contributed by atoms with van der Waals surface area (Å²) in [7, 11) is 0. The molecule has 1 aromatic heterocycles. The molecule has 164 valence electrons. The maximum absolute atomic E-state index is 12.4. The Hall–Kier alpha value is -2.29. The molecule has 0 aliphatic heterocycles. The number of hydrogen-bond donors (Lipinski definition) is 4. The largest absolute Gasteiger partial charge is 0.390 e. The van der Waals surface area contributed by atoms with Crippen molar-refractivity contribution in [2.24, 2.45) is 0 Å². The first kappa shape index (κ1) is 24.0. The van der Waals surface area contributed by atoms with Gasteiger partial charge in [-0.15, -0.1) is 11.3 Å².